The lowest BCUT2D eigenvalue weighted by Gasteiger charge is -2.10. The maximum atomic E-state index is 11.8. The number of carbonyl (C=O) groups excluding carboxylic acids is 1. The first-order chi connectivity index (χ1) is 9.34. The van der Waals surface area contributed by atoms with Gasteiger partial charge >= 0.3 is 0 Å². The van der Waals surface area contributed by atoms with Crippen molar-refractivity contribution in [3.63, 3.8) is 0 Å². The topological polar surface area (TPSA) is 98.5 Å². The maximum Gasteiger partial charge on any atom is 0.239 e. The number of methoxy groups -OCH3 is 1. The van der Waals surface area contributed by atoms with Gasteiger partial charge in [0.05, 0.1) is 18.6 Å². The van der Waals surface area contributed by atoms with Crippen LogP contribution in [0.5, 0.6) is 5.75 Å². The zero-order valence-electron chi connectivity index (χ0n) is 11.6. The molecule has 1 amide bonds. The summed E-state index contributed by atoms with van der Waals surface area (Å²) in [6, 6.07) is 6.60. The number of hydrogen-bond donors (Lipinski definition) is 2. The molecule has 1 unspecified atom stereocenters. The fourth-order valence-corrected chi connectivity index (χ4v) is 2.92. The van der Waals surface area contributed by atoms with Crippen molar-refractivity contribution < 1.29 is 17.9 Å². The van der Waals surface area contributed by atoms with Crippen LogP contribution in [0.25, 0.3) is 0 Å². The summed E-state index contributed by atoms with van der Waals surface area (Å²) < 4.78 is 28.6. The van der Waals surface area contributed by atoms with Gasteiger partial charge in [0.15, 0.2) is 9.84 Å². The van der Waals surface area contributed by atoms with Crippen molar-refractivity contribution in [3.05, 3.63) is 24.3 Å². The lowest BCUT2D eigenvalue weighted by atomic mass is 10.3. The van der Waals surface area contributed by atoms with E-state index in [0.717, 1.165) is 0 Å². The lowest BCUT2D eigenvalue weighted by molar-refractivity contribution is -0.113. The Kier molecular flexibility index (Phi) is 5.97. The summed E-state index contributed by atoms with van der Waals surface area (Å²) in [5.41, 5.74) is 5.96. The van der Waals surface area contributed by atoms with Gasteiger partial charge in [0.2, 0.25) is 5.91 Å². The van der Waals surface area contributed by atoms with E-state index in [1.165, 1.54) is 7.11 Å². The summed E-state index contributed by atoms with van der Waals surface area (Å²) >= 11 is 0. The van der Waals surface area contributed by atoms with Crippen LogP contribution in [-0.2, 0) is 14.6 Å². The summed E-state index contributed by atoms with van der Waals surface area (Å²) in [7, 11) is -1.97. The first-order valence-corrected chi connectivity index (χ1v) is 8.05. The lowest BCUT2D eigenvalue weighted by Crippen LogP contribution is -2.27. The number of anilines is 1. The summed E-state index contributed by atoms with van der Waals surface area (Å²) in [6.07, 6.45) is 0.338. The molecular weight excluding hydrogens is 280 g/mol. The molecule has 0 heterocycles. The number of carbonyl (C=O) groups is 1. The molecule has 7 heteroatoms. The van der Waals surface area contributed by atoms with Gasteiger partial charge in [0.1, 0.15) is 11.5 Å². The molecule has 1 aromatic carbocycles. The standard InChI is InChI=1S/C13H20N2O4S/c1-10(14)7-8-20(17,18)9-13(16)15-11-5-3-4-6-12(11)19-2/h3-6,10H,7-9,14H2,1-2H3,(H,15,16). The second-order valence-electron chi connectivity index (χ2n) is 4.61. The quantitative estimate of drug-likeness (QED) is 0.775. The molecule has 0 aliphatic rings. The fraction of sp³-hybridized carbons (Fsp3) is 0.462. The Hall–Kier alpha value is -1.60. The van der Waals surface area contributed by atoms with Crippen LogP contribution in [0.4, 0.5) is 5.69 Å². The van der Waals surface area contributed by atoms with Crippen LogP contribution in [0.3, 0.4) is 0 Å². The second kappa shape index (κ2) is 7.25. The zero-order valence-corrected chi connectivity index (χ0v) is 12.4. The molecular formula is C13H20N2O4S. The Balaban J connectivity index is 2.63. The average molecular weight is 300 g/mol. The number of amides is 1. The van der Waals surface area contributed by atoms with Crippen LogP contribution in [0.15, 0.2) is 24.3 Å². The zero-order chi connectivity index (χ0) is 15.2. The van der Waals surface area contributed by atoms with Crippen molar-refractivity contribution in [2.45, 2.75) is 19.4 Å². The highest BCUT2D eigenvalue weighted by atomic mass is 32.2. The molecule has 0 aromatic heterocycles. The molecule has 0 radical (unpaired) electrons. The number of nitrogens with two attached hydrogens (primary N) is 1. The molecule has 1 rings (SSSR count). The molecule has 1 atom stereocenters. The number of hydrogen-bond acceptors (Lipinski definition) is 5. The Morgan fingerprint density at radius 1 is 1.40 bits per heavy atom. The number of nitrogens with one attached hydrogen (secondary N) is 1. The van der Waals surface area contributed by atoms with E-state index in [2.05, 4.69) is 5.32 Å². The minimum atomic E-state index is -3.45. The molecule has 0 aliphatic carbocycles. The first kappa shape index (κ1) is 16.5. The van der Waals surface area contributed by atoms with Gasteiger partial charge in [-0.2, -0.15) is 0 Å². The Morgan fingerprint density at radius 2 is 2.05 bits per heavy atom. The SMILES string of the molecule is COc1ccccc1NC(=O)CS(=O)(=O)CCC(C)N. The van der Waals surface area contributed by atoms with E-state index < -0.39 is 21.5 Å². The van der Waals surface area contributed by atoms with E-state index in [0.29, 0.717) is 17.9 Å². The largest absolute Gasteiger partial charge is 0.495 e. The molecule has 1 aromatic rings. The van der Waals surface area contributed by atoms with Gasteiger partial charge in [0, 0.05) is 6.04 Å². The summed E-state index contributed by atoms with van der Waals surface area (Å²) in [4.78, 5) is 11.8. The van der Waals surface area contributed by atoms with E-state index in [9.17, 15) is 13.2 Å². The van der Waals surface area contributed by atoms with Crippen molar-refractivity contribution in [3.8, 4) is 5.75 Å². The van der Waals surface area contributed by atoms with Gasteiger partial charge in [-0.3, -0.25) is 4.79 Å². The van der Waals surface area contributed by atoms with Crippen LogP contribution >= 0.6 is 0 Å². The van der Waals surface area contributed by atoms with Crippen LogP contribution in [-0.4, -0.2) is 39.0 Å². The summed E-state index contributed by atoms with van der Waals surface area (Å²) in [5.74, 6) is -0.755. The van der Waals surface area contributed by atoms with Gasteiger partial charge < -0.3 is 15.8 Å². The molecule has 6 nitrogen and oxygen atoms in total. The van der Waals surface area contributed by atoms with Gasteiger partial charge in [-0.05, 0) is 25.5 Å². The molecule has 3 N–H and O–H groups in total. The third-order valence-electron chi connectivity index (χ3n) is 2.62. The monoisotopic (exact) mass is 300 g/mol. The highest BCUT2D eigenvalue weighted by molar-refractivity contribution is 7.92. The Morgan fingerprint density at radius 3 is 2.65 bits per heavy atom. The minimum Gasteiger partial charge on any atom is -0.495 e. The van der Waals surface area contributed by atoms with Crippen LogP contribution in [0.1, 0.15) is 13.3 Å². The molecule has 0 aliphatic heterocycles. The summed E-state index contributed by atoms with van der Waals surface area (Å²) in [6.45, 7) is 1.73. The molecule has 0 saturated heterocycles. The molecule has 0 spiro atoms. The third-order valence-corrected chi connectivity index (χ3v) is 4.18. The molecule has 0 saturated carbocycles. The molecule has 20 heavy (non-hydrogen) atoms. The van der Waals surface area contributed by atoms with E-state index in [1.807, 2.05) is 0 Å². The van der Waals surface area contributed by atoms with Crippen molar-refractivity contribution >= 4 is 21.4 Å². The Labute approximate surface area is 119 Å². The van der Waals surface area contributed by atoms with Crippen molar-refractivity contribution in [2.24, 2.45) is 5.73 Å². The fourth-order valence-electron chi connectivity index (χ4n) is 1.57. The van der Waals surface area contributed by atoms with Gasteiger partial charge in [-0.1, -0.05) is 12.1 Å². The van der Waals surface area contributed by atoms with Gasteiger partial charge in [0.25, 0.3) is 0 Å². The number of ether oxygens (including phenoxy) is 1. The second-order valence-corrected chi connectivity index (χ2v) is 6.79. The van der Waals surface area contributed by atoms with Crippen molar-refractivity contribution in [1.29, 1.82) is 0 Å². The van der Waals surface area contributed by atoms with E-state index in [-0.39, 0.29) is 11.8 Å². The van der Waals surface area contributed by atoms with Gasteiger partial charge in [-0.15, -0.1) is 0 Å². The number of benzene rings is 1. The van der Waals surface area contributed by atoms with Crippen molar-refractivity contribution in [1.82, 2.24) is 0 Å². The minimum absolute atomic E-state index is 0.0932. The number of para-hydroxylation sites is 2. The normalized spacial score (nSPS) is 12.8. The first-order valence-electron chi connectivity index (χ1n) is 6.23. The third kappa shape index (κ3) is 5.58. The van der Waals surface area contributed by atoms with E-state index in [4.69, 9.17) is 10.5 Å². The average Bonchev–Trinajstić information content (AvgIpc) is 2.36. The predicted octanol–water partition coefficient (Wildman–Crippen LogP) is 0.786. The smallest absolute Gasteiger partial charge is 0.239 e. The van der Waals surface area contributed by atoms with Crippen LogP contribution in [0, 0.1) is 0 Å². The summed E-state index contributed by atoms with van der Waals surface area (Å²) in [5, 5.41) is 2.53. The predicted molar refractivity (Wildman–Crippen MR) is 78.5 cm³/mol. The Bertz CT molecular complexity index is 555. The molecule has 0 bridgehead atoms. The van der Waals surface area contributed by atoms with Crippen molar-refractivity contribution in [2.75, 3.05) is 23.9 Å². The maximum absolute atomic E-state index is 11.8. The molecule has 0 fully saturated rings. The number of sulfone groups is 1. The van der Waals surface area contributed by atoms with Crippen LogP contribution in [0.2, 0.25) is 0 Å². The van der Waals surface area contributed by atoms with Gasteiger partial charge in [-0.25, -0.2) is 8.42 Å². The van der Waals surface area contributed by atoms with E-state index >= 15 is 0 Å². The van der Waals surface area contributed by atoms with Crippen LogP contribution < -0.4 is 15.8 Å². The highest BCUT2D eigenvalue weighted by Gasteiger charge is 2.18. The highest BCUT2D eigenvalue weighted by Crippen LogP contribution is 2.22. The van der Waals surface area contributed by atoms with E-state index in [1.54, 1.807) is 31.2 Å². The molecule has 112 valence electrons. The number of rotatable bonds is 7.